The fraction of sp³-hybridized carbons (Fsp3) is 0.462. The second kappa shape index (κ2) is 4.67. The lowest BCUT2D eigenvalue weighted by atomic mass is 10.3. The molecule has 3 rings (SSSR count). The van der Waals surface area contributed by atoms with E-state index in [1.807, 2.05) is 28.8 Å². The van der Waals surface area contributed by atoms with Gasteiger partial charge in [-0.15, -0.1) is 0 Å². The van der Waals surface area contributed by atoms with Gasteiger partial charge >= 0.3 is 0 Å². The summed E-state index contributed by atoms with van der Waals surface area (Å²) in [6.07, 6.45) is 5.75. The Morgan fingerprint density at radius 1 is 1.24 bits per heavy atom. The number of nitrogens with zero attached hydrogens (tertiary/aromatic N) is 3. The first-order valence-corrected chi connectivity index (χ1v) is 6.55. The second-order valence-corrected chi connectivity index (χ2v) is 4.99. The lowest BCUT2D eigenvalue weighted by Gasteiger charge is -2.12. The van der Waals surface area contributed by atoms with E-state index in [2.05, 4.69) is 9.88 Å². The lowest BCUT2D eigenvalue weighted by Crippen LogP contribution is -2.21. The Morgan fingerprint density at radius 2 is 2.06 bits per heavy atom. The van der Waals surface area contributed by atoms with Crippen LogP contribution in [0.3, 0.4) is 0 Å². The topological polar surface area (TPSA) is 20.5 Å². The maximum Gasteiger partial charge on any atom is 0.138 e. The SMILES string of the molecule is Clc1cccc2nc(CCN3CCCC3)cn12. The fourth-order valence-electron chi connectivity index (χ4n) is 2.43. The third kappa shape index (κ3) is 2.31. The van der Waals surface area contributed by atoms with Gasteiger partial charge < -0.3 is 4.90 Å². The van der Waals surface area contributed by atoms with Crippen molar-refractivity contribution in [2.24, 2.45) is 0 Å². The Bertz CT molecular complexity index is 514. The van der Waals surface area contributed by atoms with E-state index >= 15 is 0 Å². The highest BCUT2D eigenvalue weighted by molar-refractivity contribution is 6.29. The fourth-order valence-corrected chi connectivity index (χ4v) is 2.64. The third-order valence-corrected chi connectivity index (χ3v) is 3.68. The Kier molecular flexibility index (Phi) is 3.04. The summed E-state index contributed by atoms with van der Waals surface area (Å²) in [5.74, 6) is 0. The van der Waals surface area contributed by atoms with E-state index in [0.717, 1.165) is 29.5 Å². The molecule has 0 aliphatic carbocycles. The molecular weight excluding hydrogens is 234 g/mol. The van der Waals surface area contributed by atoms with Gasteiger partial charge in [0.2, 0.25) is 0 Å². The van der Waals surface area contributed by atoms with Gasteiger partial charge in [-0.05, 0) is 38.1 Å². The summed E-state index contributed by atoms with van der Waals surface area (Å²) < 4.78 is 1.95. The highest BCUT2D eigenvalue weighted by atomic mass is 35.5. The largest absolute Gasteiger partial charge is 0.303 e. The number of halogens is 1. The molecule has 0 unspecified atom stereocenters. The van der Waals surface area contributed by atoms with Crippen molar-refractivity contribution < 1.29 is 0 Å². The minimum atomic E-state index is 0.724. The Hall–Kier alpha value is -1.06. The van der Waals surface area contributed by atoms with Gasteiger partial charge in [0.05, 0.1) is 5.69 Å². The van der Waals surface area contributed by atoms with E-state index in [1.54, 1.807) is 0 Å². The van der Waals surface area contributed by atoms with Crippen LogP contribution in [0.25, 0.3) is 5.65 Å². The minimum absolute atomic E-state index is 0.724. The molecule has 17 heavy (non-hydrogen) atoms. The van der Waals surface area contributed by atoms with Crippen LogP contribution in [0, 0.1) is 0 Å². The Morgan fingerprint density at radius 3 is 2.82 bits per heavy atom. The number of imidazole rings is 1. The molecule has 3 heterocycles. The summed E-state index contributed by atoms with van der Waals surface area (Å²) in [4.78, 5) is 7.09. The number of aromatic nitrogens is 2. The summed E-state index contributed by atoms with van der Waals surface area (Å²) in [7, 11) is 0. The zero-order chi connectivity index (χ0) is 11.7. The van der Waals surface area contributed by atoms with E-state index in [9.17, 15) is 0 Å². The van der Waals surface area contributed by atoms with E-state index in [4.69, 9.17) is 11.6 Å². The van der Waals surface area contributed by atoms with Gasteiger partial charge in [0.1, 0.15) is 10.8 Å². The van der Waals surface area contributed by atoms with Crippen molar-refractivity contribution in [1.29, 1.82) is 0 Å². The van der Waals surface area contributed by atoms with Crippen LogP contribution in [0.2, 0.25) is 5.15 Å². The monoisotopic (exact) mass is 249 g/mol. The Labute approximate surface area is 106 Å². The number of rotatable bonds is 3. The first kappa shape index (κ1) is 11.1. The zero-order valence-electron chi connectivity index (χ0n) is 9.77. The molecule has 2 aromatic heterocycles. The van der Waals surface area contributed by atoms with Crippen molar-refractivity contribution in [1.82, 2.24) is 14.3 Å². The average molecular weight is 250 g/mol. The molecule has 3 nitrogen and oxygen atoms in total. The lowest BCUT2D eigenvalue weighted by molar-refractivity contribution is 0.342. The molecule has 2 aromatic rings. The molecule has 0 atom stereocenters. The van der Waals surface area contributed by atoms with Gasteiger partial charge in [-0.1, -0.05) is 17.7 Å². The van der Waals surface area contributed by atoms with E-state index in [1.165, 1.54) is 25.9 Å². The highest BCUT2D eigenvalue weighted by Crippen LogP contribution is 2.14. The van der Waals surface area contributed by atoms with Crippen LogP contribution in [-0.2, 0) is 6.42 Å². The van der Waals surface area contributed by atoms with Crippen molar-refractivity contribution in [2.45, 2.75) is 19.3 Å². The molecule has 1 aliphatic rings. The molecule has 1 saturated heterocycles. The normalized spacial score (nSPS) is 17.0. The molecular formula is C13H16ClN3. The van der Waals surface area contributed by atoms with E-state index in [-0.39, 0.29) is 0 Å². The van der Waals surface area contributed by atoms with Crippen molar-refractivity contribution >= 4 is 17.2 Å². The third-order valence-electron chi connectivity index (χ3n) is 3.38. The molecule has 0 N–H and O–H groups in total. The maximum absolute atomic E-state index is 6.11. The van der Waals surface area contributed by atoms with Gasteiger partial charge in [0, 0.05) is 19.2 Å². The van der Waals surface area contributed by atoms with E-state index < -0.39 is 0 Å². The molecule has 4 heteroatoms. The number of fused-ring (bicyclic) bond motifs is 1. The van der Waals surface area contributed by atoms with Crippen LogP contribution in [0.15, 0.2) is 24.4 Å². The minimum Gasteiger partial charge on any atom is -0.303 e. The van der Waals surface area contributed by atoms with E-state index in [0.29, 0.717) is 0 Å². The van der Waals surface area contributed by atoms with Crippen LogP contribution in [0.5, 0.6) is 0 Å². The van der Waals surface area contributed by atoms with Crippen LogP contribution >= 0.6 is 11.6 Å². The summed E-state index contributed by atoms with van der Waals surface area (Å²) in [5, 5.41) is 0.724. The van der Waals surface area contributed by atoms with Crippen LogP contribution in [0.4, 0.5) is 0 Å². The molecule has 1 fully saturated rings. The first-order valence-electron chi connectivity index (χ1n) is 6.18. The highest BCUT2D eigenvalue weighted by Gasteiger charge is 2.12. The molecule has 1 aliphatic heterocycles. The van der Waals surface area contributed by atoms with Crippen molar-refractivity contribution in [3.8, 4) is 0 Å². The number of pyridine rings is 1. The Balaban J connectivity index is 1.74. The van der Waals surface area contributed by atoms with Gasteiger partial charge in [-0.3, -0.25) is 4.40 Å². The first-order chi connectivity index (χ1) is 8.33. The van der Waals surface area contributed by atoms with Crippen LogP contribution in [0.1, 0.15) is 18.5 Å². The van der Waals surface area contributed by atoms with Crippen LogP contribution in [-0.4, -0.2) is 33.9 Å². The van der Waals surface area contributed by atoms with Crippen LogP contribution < -0.4 is 0 Å². The quantitative estimate of drug-likeness (QED) is 0.780. The zero-order valence-corrected chi connectivity index (χ0v) is 10.5. The number of hydrogen-bond acceptors (Lipinski definition) is 2. The van der Waals surface area contributed by atoms with Gasteiger partial charge in [-0.25, -0.2) is 4.98 Å². The van der Waals surface area contributed by atoms with Gasteiger partial charge in [-0.2, -0.15) is 0 Å². The predicted octanol–water partition coefficient (Wildman–Crippen LogP) is 2.63. The summed E-state index contributed by atoms with van der Waals surface area (Å²) >= 11 is 6.11. The molecule has 90 valence electrons. The molecule has 0 bridgehead atoms. The standard InChI is InChI=1S/C13H16ClN3/c14-12-4-3-5-13-15-11(10-17(12)13)6-9-16-7-1-2-8-16/h3-5,10H,1-2,6-9H2. The van der Waals surface area contributed by atoms with Gasteiger partial charge in [0.15, 0.2) is 0 Å². The van der Waals surface area contributed by atoms with Crippen molar-refractivity contribution in [3.05, 3.63) is 35.2 Å². The summed E-state index contributed by atoms with van der Waals surface area (Å²) in [5.41, 5.74) is 2.07. The summed E-state index contributed by atoms with van der Waals surface area (Å²) in [6, 6.07) is 5.82. The van der Waals surface area contributed by atoms with Crippen molar-refractivity contribution in [2.75, 3.05) is 19.6 Å². The second-order valence-electron chi connectivity index (χ2n) is 4.61. The average Bonchev–Trinajstić information content (AvgIpc) is 2.95. The predicted molar refractivity (Wildman–Crippen MR) is 69.6 cm³/mol. The number of hydrogen-bond donors (Lipinski definition) is 0. The molecule has 0 spiro atoms. The molecule has 0 amide bonds. The molecule has 0 saturated carbocycles. The number of likely N-dealkylation sites (tertiary alicyclic amines) is 1. The van der Waals surface area contributed by atoms with Crippen molar-refractivity contribution in [3.63, 3.8) is 0 Å². The molecule has 0 radical (unpaired) electrons. The molecule has 0 aromatic carbocycles. The smallest absolute Gasteiger partial charge is 0.138 e. The summed E-state index contributed by atoms with van der Waals surface area (Å²) in [6.45, 7) is 3.60. The maximum atomic E-state index is 6.11. The van der Waals surface area contributed by atoms with Gasteiger partial charge in [0.25, 0.3) is 0 Å².